The summed E-state index contributed by atoms with van der Waals surface area (Å²) in [7, 11) is 3.16. The van der Waals surface area contributed by atoms with E-state index in [1.807, 2.05) is 24.0 Å². The maximum absolute atomic E-state index is 13.6. The first-order valence-electron chi connectivity index (χ1n) is 10.3. The molecule has 154 valence electrons. The predicted molar refractivity (Wildman–Crippen MR) is 107 cm³/mol. The molecule has 1 aromatic rings. The second-order valence-corrected chi connectivity index (χ2v) is 7.98. The Balaban J connectivity index is 1.94. The smallest absolute Gasteiger partial charge is 0.250 e. The third kappa shape index (κ3) is 3.96. The molecule has 1 atom stereocenters. The van der Waals surface area contributed by atoms with Crippen LogP contribution >= 0.6 is 0 Å². The molecule has 6 heteroatoms. The van der Waals surface area contributed by atoms with E-state index in [-0.39, 0.29) is 24.4 Å². The largest absolute Gasteiger partial charge is 0.493 e. The highest BCUT2D eigenvalue weighted by atomic mass is 16.5. The molecular formula is C22H32N2O4. The Morgan fingerprint density at radius 1 is 1.04 bits per heavy atom. The van der Waals surface area contributed by atoms with Crippen LogP contribution in [0.1, 0.15) is 57.6 Å². The summed E-state index contributed by atoms with van der Waals surface area (Å²) >= 11 is 0. The number of piperazine rings is 1. The third-order valence-corrected chi connectivity index (χ3v) is 6.07. The molecular weight excluding hydrogens is 356 g/mol. The number of rotatable bonds is 6. The van der Waals surface area contributed by atoms with Gasteiger partial charge in [-0.25, -0.2) is 0 Å². The molecule has 0 bridgehead atoms. The molecule has 1 heterocycles. The molecule has 0 aromatic heterocycles. The van der Waals surface area contributed by atoms with Crippen molar-refractivity contribution in [2.24, 2.45) is 5.92 Å². The number of hydrogen-bond donors (Lipinski definition) is 0. The Kier molecular flexibility index (Phi) is 6.47. The Bertz CT molecular complexity index is 712. The van der Waals surface area contributed by atoms with Crippen LogP contribution in [0.5, 0.6) is 11.5 Å². The second kappa shape index (κ2) is 8.84. The molecule has 1 aliphatic heterocycles. The number of hydrogen-bond acceptors (Lipinski definition) is 4. The predicted octanol–water partition coefficient (Wildman–Crippen LogP) is 3.40. The minimum atomic E-state index is -0.597. The number of benzene rings is 1. The summed E-state index contributed by atoms with van der Waals surface area (Å²) in [5, 5.41) is 0. The average molecular weight is 389 g/mol. The van der Waals surface area contributed by atoms with E-state index in [1.165, 1.54) is 0 Å². The topological polar surface area (TPSA) is 59.1 Å². The van der Waals surface area contributed by atoms with Crippen LogP contribution in [0.15, 0.2) is 18.2 Å². The highest BCUT2D eigenvalue weighted by Gasteiger charge is 2.43. The summed E-state index contributed by atoms with van der Waals surface area (Å²) < 4.78 is 10.8. The quantitative estimate of drug-likeness (QED) is 0.749. The molecule has 2 amide bonds. The molecule has 6 nitrogen and oxygen atoms in total. The van der Waals surface area contributed by atoms with Gasteiger partial charge in [-0.1, -0.05) is 19.9 Å². The zero-order valence-electron chi connectivity index (χ0n) is 17.4. The van der Waals surface area contributed by atoms with Crippen LogP contribution in [-0.2, 0) is 9.59 Å². The lowest BCUT2D eigenvalue weighted by Gasteiger charge is -2.45. The van der Waals surface area contributed by atoms with Gasteiger partial charge in [-0.3, -0.25) is 9.59 Å². The number of amides is 2. The van der Waals surface area contributed by atoms with Gasteiger partial charge in [0.25, 0.3) is 5.91 Å². The summed E-state index contributed by atoms with van der Waals surface area (Å²) in [5.74, 6) is 1.94. The summed E-state index contributed by atoms with van der Waals surface area (Å²) in [6.07, 6.45) is 4.99. The minimum Gasteiger partial charge on any atom is -0.493 e. The van der Waals surface area contributed by atoms with Crippen LogP contribution < -0.4 is 9.47 Å². The molecule has 0 N–H and O–H groups in total. The lowest BCUT2D eigenvalue weighted by molar-refractivity contribution is -0.159. The molecule has 1 saturated heterocycles. The van der Waals surface area contributed by atoms with Crippen molar-refractivity contribution in [2.45, 2.75) is 58.0 Å². The van der Waals surface area contributed by atoms with Crippen molar-refractivity contribution in [1.29, 1.82) is 0 Å². The van der Waals surface area contributed by atoms with Crippen LogP contribution in [-0.4, -0.2) is 55.0 Å². The van der Waals surface area contributed by atoms with E-state index >= 15 is 0 Å². The van der Waals surface area contributed by atoms with Gasteiger partial charge in [0, 0.05) is 12.6 Å². The van der Waals surface area contributed by atoms with Crippen LogP contribution in [0.2, 0.25) is 0 Å². The molecule has 1 saturated carbocycles. The van der Waals surface area contributed by atoms with E-state index in [4.69, 9.17) is 9.47 Å². The average Bonchev–Trinajstić information content (AvgIpc) is 2.71. The molecule has 1 unspecified atom stereocenters. The van der Waals surface area contributed by atoms with Crippen molar-refractivity contribution < 1.29 is 19.1 Å². The van der Waals surface area contributed by atoms with E-state index < -0.39 is 6.04 Å². The first-order chi connectivity index (χ1) is 13.5. The number of ether oxygens (including phenoxy) is 2. The number of methoxy groups -OCH3 is 2. The van der Waals surface area contributed by atoms with Gasteiger partial charge in [-0.15, -0.1) is 0 Å². The highest BCUT2D eigenvalue weighted by molar-refractivity contribution is 5.96. The molecule has 1 aromatic carbocycles. The second-order valence-electron chi connectivity index (χ2n) is 7.98. The summed E-state index contributed by atoms with van der Waals surface area (Å²) in [6.45, 7) is 5.05. The van der Waals surface area contributed by atoms with Gasteiger partial charge in [0.2, 0.25) is 5.91 Å². The minimum absolute atomic E-state index is 0.0276. The van der Waals surface area contributed by atoms with Crippen molar-refractivity contribution in [1.82, 2.24) is 9.80 Å². The molecule has 0 radical (unpaired) electrons. The zero-order chi connectivity index (χ0) is 20.3. The fourth-order valence-electron chi connectivity index (χ4n) is 4.45. The number of carbonyl (C=O) groups is 2. The molecule has 28 heavy (non-hydrogen) atoms. The van der Waals surface area contributed by atoms with E-state index in [9.17, 15) is 9.59 Å². The standard InChI is InChI=1S/C22H32N2O4/c1-5-12-23-20(25)14-24(17-9-6-15(2)7-10-17)22(26)21(23)16-8-11-18(27-3)19(13-16)28-4/h8,11,13,15,17,21H,5-7,9-10,12,14H2,1-4H3. The summed E-state index contributed by atoms with van der Waals surface area (Å²) in [5.41, 5.74) is 0.776. The van der Waals surface area contributed by atoms with Gasteiger partial charge in [0.05, 0.1) is 14.2 Å². The van der Waals surface area contributed by atoms with E-state index in [2.05, 4.69) is 6.92 Å². The van der Waals surface area contributed by atoms with Gasteiger partial charge >= 0.3 is 0 Å². The van der Waals surface area contributed by atoms with Crippen LogP contribution in [0.3, 0.4) is 0 Å². The fraction of sp³-hybridized carbons (Fsp3) is 0.636. The normalized spacial score (nSPS) is 25.8. The molecule has 2 fully saturated rings. The van der Waals surface area contributed by atoms with E-state index in [0.717, 1.165) is 37.7 Å². The Labute approximate surface area is 167 Å². The lowest BCUT2D eigenvalue weighted by Crippen LogP contribution is -2.58. The Hall–Kier alpha value is -2.24. The third-order valence-electron chi connectivity index (χ3n) is 6.07. The van der Waals surface area contributed by atoms with Gasteiger partial charge in [-0.2, -0.15) is 0 Å². The van der Waals surface area contributed by atoms with E-state index in [1.54, 1.807) is 25.2 Å². The number of nitrogens with zero attached hydrogens (tertiary/aromatic N) is 2. The molecule has 1 aliphatic carbocycles. The molecule has 0 spiro atoms. The SMILES string of the molecule is CCCN1C(=O)CN(C2CCC(C)CC2)C(=O)C1c1ccc(OC)c(OC)c1. The summed E-state index contributed by atoms with van der Waals surface area (Å²) in [6, 6.07) is 5.06. The zero-order valence-corrected chi connectivity index (χ0v) is 17.4. The van der Waals surface area contributed by atoms with Gasteiger partial charge in [0.15, 0.2) is 11.5 Å². The summed E-state index contributed by atoms with van der Waals surface area (Å²) in [4.78, 5) is 30.1. The van der Waals surface area contributed by atoms with Crippen molar-refractivity contribution in [2.75, 3.05) is 27.3 Å². The Morgan fingerprint density at radius 3 is 2.32 bits per heavy atom. The van der Waals surface area contributed by atoms with Gasteiger partial charge in [0.1, 0.15) is 12.6 Å². The fourth-order valence-corrected chi connectivity index (χ4v) is 4.45. The van der Waals surface area contributed by atoms with Crippen LogP contribution in [0.4, 0.5) is 0 Å². The number of carbonyl (C=O) groups excluding carboxylic acids is 2. The van der Waals surface area contributed by atoms with E-state index in [0.29, 0.717) is 24.0 Å². The van der Waals surface area contributed by atoms with Crippen molar-refractivity contribution in [3.63, 3.8) is 0 Å². The monoisotopic (exact) mass is 388 g/mol. The van der Waals surface area contributed by atoms with Crippen molar-refractivity contribution >= 4 is 11.8 Å². The lowest BCUT2D eigenvalue weighted by atomic mass is 9.85. The van der Waals surface area contributed by atoms with Crippen LogP contribution in [0, 0.1) is 5.92 Å². The first-order valence-corrected chi connectivity index (χ1v) is 10.3. The van der Waals surface area contributed by atoms with Crippen LogP contribution in [0.25, 0.3) is 0 Å². The van der Waals surface area contributed by atoms with Gasteiger partial charge in [-0.05, 0) is 55.7 Å². The maximum atomic E-state index is 13.6. The molecule has 2 aliphatic rings. The van der Waals surface area contributed by atoms with Crippen molar-refractivity contribution in [3.8, 4) is 11.5 Å². The van der Waals surface area contributed by atoms with Crippen molar-refractivity contribution in [3.05, 3.63) is 23.8 Å². The first kappa shape index (κ1) is 20.5. The Morgan fingerprint density at radius 2 is 1.71 bits per heavy atom. The maximum Gasteiger partial charge on any atom is 0.250 e. The van der Waals surface area contributed by atoms with Gasteiger partial charge < -0.3 is 19.3 Å². The highest BCUT2D eigenvalue weighted by Crippen LogP contribution is 2.37. The molecule has 3 rings (SSSR count).